The molecule has 1 aliphatic rings. The first-order valence-corrected chi connectivity index (χ1v) is 9.09. The van der Waals surface area contributed by atoms with Gasteiger partial charge in [-0.25, -0.2) is 0 Å². The molecule has 2 atom stereocenters. The van der Waals surface area contributed by atoms with Crippen molar-refractivity contribution >= 4 is 23.2 Å². The number of hydrogen-bond donors (Lipinski definition) is 3. The Hall–Kier alpha value is -3.02. The summed E-state index contributed by atoms with van der Waals surface area (Å²) in [6.45, 7) is 1.95. The highest BCUT2D eigenvalue weighted by Crippen LogP contribution is 2.28. The van der Waals surface area contributed by atoms with E-state index in [4.69, 9.17) is 10.5 Å². The highest BCUT2D eigenvalue weighted by atomic mass is 16.5. The maximum Gasteiger partial charge on any atom is 0.253 e. The van der Waals surface area contributed by atoms with Gasteiger partial charge in [-0.2, -0.15) is 0 Å². The van der Waals surface area contributed by atoms with Gasteiger partial charge in [-0.15, -0.1) is 0 Å². The second-order valence-electron chi connectivity index (χ2n) is 6.94. The summed E-state index contributed by atoms with van der Waals surface area (Å²) in [5, 5.41) is 5.94. The molecule has 0 spiro atoms. The van der Waals surface area contributed by atoms with E-state index in [0.29, 0.717) is 23.4 Å². The molecular weight excluding hydrogens is 342 g/mol. The number of nitrogen functional groups attached to an aromatic ring is 1. The van der Waals surface area contributed by atoms with Crippen LogP contribution >= 0.6 is 0 Å². The number of carbonyl (C=O) groups excluding carboxylic acids is 2. The average molecular weight is 367 g/mol. The minimum Gasteiger partial charge on any atom is -0.496 e. The first-order chi connectivity index (χ1) is 13.0. The van der Waals surface area contributed by atoms with Crippen LogP contribution in [0.2, 0.25) is 0 Å². The Morgan fingerprint density at radius 3 is 2.67 bits per heavy atom. The van der Waals surface area contributed by atoms with Gasteiger partial charge in [-0.1, -0.05) is 18.2 Å². The molecule has 6 nitrogen and oxygen atoms in total. The Bertz CT molecular complexity index is 850. The zero-order valence-electron chi connectivity index (χ0n) is 15.6. The molecule has 1 fully saturated rings. The number of benzene rings is 2. The van der Waals surface area contributed by atoms with Crippen LogP contribution in [0, 0.1) is 12.8 Å². The molecule has 0 radical (unpaired) electrons. The SMILES string of the molecule is COc1cc(NC(=O)[C@@H]2CC[C@H](NC(=O)c3ccccc3N)C2)ccc1C. The van der Waals surface area contributed by atoms with Gasteiger partial charge in [0.05, 0.1) is 12.7 Å². The molecule has 0 saturated heterocycles. The molecule has 0 heterocycles. The van der Waals surface area contributed by atoms with Crippen LogP contribution < -0.4 is 21.1 Å². The van der Waals surface area contributed by atoms with Crippen molar-refractivity contribution in [2.24, 2.45) is 5.92 Å². The zero-order chi connectivity index (χ0) is 19.4. The number of carbonyl (C=O) groups is 2. The van der Waals surface area contributed by atoms with Gasteiger partial charge in [0.15, 0.2) is 0 Å². The number of hydrogen-bond acceptors (Lipinski definition) is 4. The molecular formula is C21H25N3O3. The second kappa shape index (κ2) is 8.12. The van der Waals surface area contributed by atoms with Crippen molar-refractivity contribution in [1.29, 1.82) is 0 Å². The molecule has 3 rings (SSSR count). The van der Waals surface area contributed by atoms with Crippen molar-refractivity contribution in [3.05, 3.63) is 53.6 Å². The van der Waals surface area contributed by atoms with Crippen LogP contribution in [-0.2, 0) is 4.79 Å². The summed E-state index contributed by atoms with van der Waals surface area (Å²) < 4.78 is 5.30. The van der Waals surface area contributed by atoms with Crippen LogP contribution in [0.25, 0.3) is 0 Å². The Balaban J connectivity index is 1.57. The lowest BCUT2D eigenvalue weighted by Gasteiger charge is -2.15. The fourth-order valence-electron chi connectivity index (χ4n) is 3.46. The number of rotatable bonds is 5. The summed E-state index contributed by atoms with van der Waals surface area (Å²) in [4.78, 5) is 25.0. The predicted octanol–water partition coefficient (Wildman–Crippen LogP) is 3.12. The lowest BCUT2D eigenvalue weighted by molar-refractivity contribution is -0.119. The first-order valence-electron chi connectivity index (χ1n) is 9.09. The Kier molecular flexibility index (Phi) is 5.64. The van der Waals surface area contributed by atoms with Crippen molar-refractivity contribution < 1.29 is 14.3 Å². The van der Waals surface area contributed by atoms with Crippen molar-refractivity contribution in [3.63, 3.8) is 0 Å². The van der Waals surface area contributed by atoms with Gasteiger partial charge in [0, 0.05) is 29.4 Å². The third-order valence-electron chi connectivity index (χ3n) is 5.02. The number of aryl methyl sites for hydroxylation is 1. The number of nitrogens with one attached hydrogen (secondary N) is 2. The molecule has 1 saturated carbocycles. The lowest BCUT2D eigenvalue weighted by atomic mass is 10.1. The van der Waals surface area contributed by atoms with Crippen molar-refractivity contribution in [2.75, 3.05) is 18.2 Å². The van der Waals surface area contributed by atoms with Crippen molar-refractivity contribution in [1.82, 2.24) is 5.32 Å². The van der Waals surface area contributed by atoms with Gasteiger partial charge >= 0.3 is 0 Å². The van der Waals surface area contributed by atoms with E-state index in [2.05, 4.69) is 10.6 Å². The largest absolute Gasteiger partial charge is 0.496 e. The Labute approximate surface area is 159 Å². The Morgan fingerprint density at radius 2 is 1.93 bits per heavy atom. The normalized spacial score (nSPS) is 18.7. The molecule has 2 aromatic carbocycles. The molecule has 2 aromatic rings. The number of para-hydroxylation sites is 1. The molecule has 0 aromatic heterocycles. The van der Waals surface area contributed by atoms with Crippen LogP contribution in [0.4, 0.5) is 11.4 Å². The molecule has 27 heavy (non-hydrogen) atoms. The van der Waals surface area contributed by atoms with Crippen LogP contribution in [0.5, 0.6) is 5.75 Å². The van der Waals surface area contributed by atoms with E-state index >= 15 is 0 Å². The van der Waals surface area contributed by atoms with E-state index in [9.17, 15) is 9.59 Å². The number of amides is 2. The topological polar surface area (TPSA) is 93.5 Å². The smallest absolute Gasteiger partial charge is 0.253 e. The summed E-state index contributed by atoms with van der Waals surface area (Å²) in [7, 11) is 1.61. The molecule has 1 aliphatic carbocycles. The Morgan fingerprint density at radius 1 is 1.15 bits per heavy atom. The van der Waals surface area contributed by atoms with Crippen LogP contribution in [0.15, 0.2) is 42.5 Å². The average Bonchev–Trinajstić information content (AvgIpc) is 3.12. The fraction of sp³-hybridized carbons (Fsp3) is 0.333. The maximum atomic E-state index is 12.6. The first kappa shape index (κ1) is 18.8. The van der Waals surface area contributed by atoms with Crippen molar-refractivity contribution in [2.45, 2.75) is 32.2 Å². The van der Waals surface area contributed by atoms with Crippen molar-refractivity contribution in [3.8, 4) is 5.75 Å². The summed E-state index contributed by atoms with van der Waals surface area (Å²) >= 11 is 0. The van der Waals surface area contributed by atoms with E-state index in [-0.39, 0.29) is 23.8 Å². The summed E-state index contributed by atoms with van der Waals surface area (Å²) in [6, 6.07) is 12.6. The number of methoxy groups -OCH3 is 1. The fourth-order valence-corrected chi connectivity index (χ4v) is 3.46. The molecule has 6 heteroatoms. The standard InChI is InChI=1S/C21H25N3O3/c1-13-7-9-16(12-19(13)27-2)23-20(25)14-8-10-15(11-14)24-21(26)17-5-3-4-6-18(17)22/h3-7,9,12,14-15H,8,10-11,22H2,1-2H3,(H,23,25)(H,24,26)/t14-,15+/m1/s1. The second-order valence-corrected chi connectivity index (χ2v) is 6.94. The van der Waals surface area contributed by atoms with Crippen LogP contribution in [0.1, 0.15) is 35.2 Å². The number of anilines is 2. The maximum absolute atomic E-state index is 12.6. The molecule has 4 N–H and O–H groups in total. The van der Waals surface area contributed by atoms with Gasteiger partial charge in [-0.05, 0) is 49.9 Å². The summed E-state index contributed by atoms with van der Waals surface area (Å²) in [5.74, 6) is 0.389. The van der Waals surface area contributed by atoms with E-state index in [1.54, 1.807) is 31.4 Å². The molecule has 2 amide bonds. The van der Waals surface area contributed by atoms with Gasteiger partial charge in [0.2, 0.25) is 5.91 Å². The van der Waals surface area contributed by atoms with Gasteiger partial charge in [-0.3, -0.25) is 9.59 Å². The van der Waals surface area contributed by atoms with Gasteiger partial charge < -0.3 is 21.1 Å². The van der Waals surface area contributed by atoms with E-state index in [0.717, 1.165) is 24.2 Å². The minimum absolute atomic E-state index is 0.0274. The third kappa shape index (κ3) is 4.39. The van der Waals surface area contributed by atoms with Crippen LogP contribution in [0.3, 0.4) is 0 Å². The minimum atomic E-state index is -0.192. The number of ether oxygens (including phenoxy) is 1. The van der Waals surface area contributed by atoms with E-state index in [1.165, 1.54) is 0 Å². The van der Waals surface area contributed by atoms with E-state index in [1.807, 2.05) is 25.1 Å². The zero-order valence-corrected chi connectivity index (χ0v) is 15.6. The summed E-state index contributed by atoms with van der Waals surface area (Å²) in [6.07, 6.45) is 2.13. The quantitative estimate of drug-likeness (QED) is 0.708. The lowest BCUT2D eigenvalue weighted by Crippen LogP contribution is -2.34. The monoisotopic (exact) mass is 367 g/mol. The van der Waals surface area contributed by atoms with Gasteiger partial charge in [0.25, 0.3) is 5.91 Å². The molecule has 0 aliphatic heterocycles. The predicted molar refractivity (Wildman–Crippen MR) is 106 cm³/mol. The van der Waals surface area contributed by atoms with Gasteiger partial charge in [0.1, 0.15) is 5.75 Å². The highest BCUT2D eigenvalue weighted by molar-refractivity contribution is 5.99. The summed E-state index contributed by atoms with van der Waals surface area (Å²) in [5.41, 5.74) is 8.51. The van der Waals surface area contributed by atoms with Crippen LogP contribution in [-0.4, -0.2) is 25.0 Å². The highest BCUT2D eigenvalue weighted by Gasteiger charge is 2.31. The molecule has 0 unspecified atom stereocenters. The molecule has 142 valence electrons. The van der Waals surface area contributed by atoms with E-state index < -0.39 is 0 Å². The third-order valence-corrected chi connectivity index (χ3v) is 5.02. The number of nitrogens with two attached hydrogens (primary N) is 1. The molecule has 0 bridgehead atoms.